The van der Waals surface area contributed by atoms with Crippen molar-refractivity contribution in [2.75, 3.05) is 12.4 Å². The predicted octanol–water partition coefficient (Wildman–Crippen LogP) is 2.00. The van der Waals surface area contributed by atoms with E-state index in [9.17, 15) is 9.59 Å². The number of aryl methyl sites for hydroxylation is 1. The molecule has 2 amide bonds. The van der Waals surface area contributed by atoms with Crippen LogP contribution in [-0.2, 0) is 16.6 Å². The zero-order valence-corrected chi connectivity index (χ0v) is 14.5. The minimum absolute atomic E-state index is 0.327. The Bertz CT molecular complexity index is 853. The maximum Gasteiger partial charge on any atom is 0.315 e. The summed E-state index contributed by atoms with van der Waals surface area (Å²) >= 11 is 0. The van der Waals surface area contributed by atoms with Crippen molar-refractivity contribution in [3.63, 3.8) is 0 Å². The summed E-state index contributed by atoms with van der Waals surface area (Å²) in [7, 11) is 3.32. The normalized spacial score (nSPS) is 11.6. The van der Waals surface area contributed by atoms with Crippen LogP contribution in [-0.4, -0.2) is 38.5 Å². The van der Waals surface area contributed by atoms with E-state index in [1.807, 2.05) is 42.5 Å². The molecule has 132 valence electrons. The Morgan fingerprint density at radius 1 is 1.08 bits per heavy atom. The highest BCUT2D eigenvalue weighted by atomic mass is 16.2. The van der Waals surface area contributed by atoms with E-state index in [0.29, 0.717) is 11.5 Å². The second kappa shape index (κ2) is 7.60. The predicted molar refractivity (Wildman–Crippen MR) is 97.1 cm³/mol. The summed E-state index contributed by atoms with van der Waals surface area (Å²) in [6.07, 6.45) is 3.35. The Labute approximate surface area is 151 Å². The molecule has 3 rings (SSSR count). The highest BCUT2D eigenvalue weighted by molar-refractivity contribution is 6.39. The van der Waals surface area contributed by atoms with E-state index in [4.69, 9.17) is 0 Å². The minimum Gasteiger partial charge on any atom is -0.325 e. The number of nitrogens with zero attached hydrogens (tertiary/aromatic N) is 4. The summed E-state index contributed by atoms with van der Waals surface area (Å²) in [6.45, 7) is 0. The van der Waals surface area contributed by atoms with Crippen LogP contribution in [0.5, 0.6) is 0 Å². The van der Waals surface area contributed by atoms with Crippen molar-refractivity contribution in [1.29, 1.82) is 0 Å². The first-order valence-electron chi connectivity index (χ1n) is 8.10. The third kappa shape index (κ3) is 3.77. The van der Waals surface area contributed by atoms with E-state index in [2.05, 4.69) is 15.4 Å². The summed E-state index contributed by atoms with van der Waals surface area (Å²) in [5, 5.41) is 6.57. The van der Waals surface area contributed by atoms with Crippen LogP contribution in [0.3, 0.4) is 0 Å². The molecular formula is C19H19N5O2. The molecule has 0 bridgehead atoms. The lowest BCUT2D eigenvalue weighted by molar-refractivity contribution is -0.143. The number of rotatable bonds is 4. The fraction of sp³-hybridized carbons (Fsp3) is 0.158. The third-order valence-corrected chi connectivity index (χ3v) is 3.94. The molecule has 1 aromatic carbocycles. The average Bonchev–Trinajstić information content (AvgIpc) is 3.07. The first kappa shape index (κ1) is 17.3. The lowest BCUT2D eigenvalue weighted by Crippen LogP contribution is -2.40. The molecule has 1 atom stereocenters. The quantitative estimate of drug-likeness (QED) is 0.731. The van der Waals surface area contributed by atoms with Gasteiger partial charge in [-0.2, -0.15) is 5.10 Å². The maximum absolute atomic E-state index is 12.7. The molecule has 2 aromatic heterocycles. The van der Waals surface area contributed by atoms with Crippen molar-refractivity contribution in [2.24, 2.45) is 7.05 Å². The molecule has 0 aliphatic heterocycles. The van der Waals surface area contributed by atoms with Crippen LogP contribution in [0.4, 0.5) is 5.82 Å². The number of anilines is 1. The molecule has 0 radical (unpaired) electrons. The molecule has 0 spiro atoms. The SMILES string of the molecule is CN(C(=O)C(=O)Nc1ccn(C)n1)[C@@H](c1ccccc1)c1ccccn1. The number of aromatic nitrogens is 3. The largest absolute Gasteiger partial charge is 0.325 e. The molecule has 0 saturated heterocycles. The topological polar surface area (TPSA) is 80.1 Å². The Morgan fingerprint density at radius 3 is 2.42 bits per heavy atom. The van der Waals surface area contributed by atoms with Crippen LogP contribution in [0.2, 0.25) is 0 Å². The molecule has 0 aliphatic carbocycles. The van der Waals surface area contributed by atoms with Gasteiger partial charge in [-0.25, -0.2) is 0 Å². The molecule has 3 aromatic rings. The number of benzene rings is 1. The van der Waals surface area contributed by atoms with Gasteiger partial charge in [-0.1, -0.05) is 36.4 Å². The van der Waals surface area contributed by atoms with Crippen LogP contribution in [0.15, 0.2) is 67.0 Å². The number of hydrogen-bond acceptors (Lipinski definition) is 4. The van der Waals surface area contributed by atoms with E-state index in [-0.39, 0.29) is 0 Å². The van der Waals surface area contributed by atoms with Gasteiger partial charge in [-0.15, -0.1) is 0 Å². The molecule has 0 unspecified atom stereocenters. The lowest BCUT2D eigenvalue weighted by Gasteiger charge is -2.27. The lowest BCUT2D eigenvalue weighted by atomic mass is 10.0. The van der Waals surface area contributed by atoms with E-state index in [1.54, 1.807) is 43.3 Å². The van der Waals surface area contributed by atoms with Crippen LogP contribution in [0.25, 0.3) is 0 Å². The smallest absolute Gasteiger partial charge is 0.315 e. The molecule has 0 saturated carbocycles. The van der Waals surface area contributed by atoms with Gasteiger partial charge in [0.15, 0.2) is 5.82 Å². The van der Waals surface area contributed by atoms with E-state index < -0.39 is 17.9 Å². The fourth-order valence-corrected chi connectivity index (χ4v) is 2.69. The monoisotopic (exact) mass is 349 g/mol. The summed E-state index contributed by atoms with van der Waals surface area (Å²) in [4.78, 5) is 30.8. The number of carbonyl (C=O) groups is 2. The standard InChI is InChI=1S/C19H19N5O2/c1-23-13-11-16(22-23)21-18(25)19(26)24(2)17(14-8-4-3-5-9-14)15-10-6-7-12-20-15/h3-13,17H,1-2H3,(H,21,22,25)/t17-/m0/s1. The van der Waals surface area contributed by atoms with E-state index in [1.165, 1.54) is 4.90 Å². The van der Waals surface area contributed by atoms with Crippen LogP contribution >= 0.6 is 0 Å². The second-order valence-corrected chi connectivity index (χ2v) is 5.81. The highest BCUT2D eigenvalue weighted by Crippen LogP contribution is 2.26. The molecule has 1 N–H and O–H groups in total. The van der Waals surface area contributed by atoms with Crippen molar-refractivity contribution in [3.8, 4) is 0 Å². The Hall–Kier alpha value is -3.48. The number of nitrogens with one attached hydrogen (secondary N) is 1. The van der Waals surface area contributed by atoms with Crippen molar-refractivity contribution in [1.82, 2.24) is 19.7 Å². The van der Waals surface area contributed by atoms with Crippen molar-refractivity contribution >= 4 is 17.6 Å². The number of pyridine rings is 1. The second-order valence-electron chi connectivity index (χ2n) is 5.81. The van der Waals surface area contributed by atoms with Crippen LogP contribution in [0.1, 0.15) is 17.3 Å². The molecule has 2 heterocycles. The zero-order chi connectivity index (χ0) is 18.5. The van der Waals surface area contributed by atoms with Gasteiger partial charge in [0, 0.05) is 32.6 Å². The summed E-state index contributed by atoms with van der Waals surface area (Å²) < 4.78 is 1.55. The number of hydrogen-bond donors (Lipinski definition) is 1. The van der Waals surface area contributed by atoms with Gasteiger partial charge in [0.1, 0.15) is 0 Å². The first-order valence-corrected chi connectivity index (χ1v) is 8.10. The van der Waals surface area contributed by atoms with E-state index in [0.717, 1.165) is 5.56 Å². The zero-order valence-electron chi connectivity index (χ0n) is 14.5. The van der Waals surface area contributed by atoms with Gasteiger partial charge < -0.3 is 10.2 Å². The Kier molecular flexibility index (Phi) is 5.07. The highest BCUT2D eigenvalue weighted by Gasteiger charge is 2.29. The molecule has 7 heteroatoms. The Balaban J connectivity index is 1.86. The fourth-order valence-electron chi connectivity index (χ4n) is 2.69. The third-order valence-electron chi connectivity index (χ3n) is 3.94. The van der Waals surface area contributed by atoms with Crippen LogP contribution < -0.4 is 5.32 Å². The Morgan fingerprint density at radius 2 is 1.81 bits per heavy atom. The van der Waals surface area contributed by atoms with Gasteiger partial charge in [0.2, 0.25) is 0 Å². The molecule has 0 aliphatic rings. The van der Waals surface area contributed by atoms with Crippen LogP contribution in [0, 0.1) is 0 Å². The average molecular weight is 349 g/mol. The summed E-state index contributed by atoms with van der Waals surface area (Å²) in [5.41, 5.74) is 1.55. The van der Waals surface area contributed by atoms with Gasteiger partial charge in [-0.3, -0.25) is 19.3 Å². The number of carbonyl (C=O) groups excluding carboxylic acids is 2. The summed E-state index contributed by atoms with van der Waals surface area (Å²) in [6, 6.07) is 16.1. The van der Waals surface area contributed by atoms with Gasteiger partial charge in [0.05, 0.1) is 11.7 Å². The molecule has 0 fully saturated rings. The minimum atomic E-state index is -0.747. The van der Waals surface area contributed by atoms with Crippen molar-refractivity contribution in [2.45, 2.75) is 6.04 Å². The van der Waals surface area contributed by atoms with Crippen molar-refractivity contribution in [3.05, 3.63) is 78.2 Å². The molecular weight excluding hydrogens is 330 g/mol. The summed E-state index contributed by atoms with van der Waals surface area (Å²) in [5.74, 6) is -1.09. The van der Waals surface area contributed by atoms with Gasteiger partial charge in [-0.05, 0) is 17.7 Å². The van der Waals surface area contributed by atoms with Crippen molar-refractivity contribution < 1.29 is 9.59 Å². The van der Waals surface area contributed by atoms with Gasteiger partial charge in [0.25, 0.3) is 0 Å². The number of amides is 2. The van der Waals surface area contributed by atoms with E-state index >= 15 is 0 Å². The first-order chi connectivity index (χ1) is 12.6. The molecule has 7 nitrogen and oxygen atoms in total. The molecule has 26 heavy (non-hydrogen) atoms. The van der Waals surface area contributed by atoms with Gasteiger partial charge >= 0.3 is 11.8 Å². The maximum atomic E-state index is 12.7. The number of likely N-dealkylation sites (N-methyl/N-ethyl adjacent to an activating group) is 1.